The second kappa shape index (κ2) is 6.74. The predicted octanol–water partition coefficient (Wildman–Crippen LogP) is 1.86. The van der Waals surface area contributed by atoms with Gasteiger partial charge in [-0.25, -0.2) is 0 Å². The Bertz CT molecular complexity index is 113. The van der Waals surface area contributed by atoms with Gasteiger partial charge in [-0.2, -0.15) is 0 Å². The van der Waals surface area contributed by atoms with Crippen LogP contribution >= 0.6 is 24.8 Å². The van der Waals surface area contributed by atoms with Gasteiger partial charge >= 0.3 is 0 Å². The molecule has 0 atom stereocenters. The van der Waals surface area contributed by atoms with Gasteiger partial charge in [0, 0.05) is 19.5 Å². The lowest BCUT2D eigenvalue weighted by Gasteiger charge is -2.12. The Kier molecular flexibility index (Phi) is 8.35. The molecule has 0 N–H and O–H groups in total. The number of hydrogen-bond donors (Lipinski definition) is 0. The summed E-state index contributed by atoms with van der Waals surface area (Å²) in [4.78, 5) is 12.9. The smallest absolute Gasteiger partial charge is 0.222 e. The Hall–Kier alpha value is 0.0500. The molecule has 0 radical (unpaired) electrons. The standard InChI is InChI=1S/C7H13NO.2ClH/c1-2-7(9)8-5-3-4-6-8;;/h2-6H2,1H3;2*1H. The van der Waals surface area contributed by atoms with Gasteiger partial charge in [0.2, 0.25) is 5.91 Å². The molecule has 0 spiro atoms. The summed E-state index contributed by atoms with van der Waals surface area (Å²) in [7, 11) is 0. The third-order valence-corrected chi connectivity index (χ3v) is 1.76. The van der Waals surface area contributed by atoms with E-state index in [-0.39, 0.29) is 24.8 Å². The van der Waals surface area contributed by atoms with Crippen molar-refractivity contribution in [2.45, 2.75) is 26.2 Å². The Morgan fingerprint density at radius 3 is 2.09 bits per heavy atom. The molecule has 0 bridgehead atoms. The molecule has 1 fully saturated rings. The largest absolute Gasteiger partial charge is 0.343 e. The molecule has 0 saturated carbocycles. The van der Waals surface area contributed by atoms with Gasteiger partial charge in [-0.15, -0.1) is 24.8 Å². The Morgan fingerprint density at radius 2 is 1.73 bits per heavy atom. The first kappa shape index (κ1) is 13.6. The second-order valence-corrected chi connectivity index (χ2v) is 2.44. The lowest BCUT2D eigenvalue weighted by Crippen LogP contribution is -2.26. The number of carbonyl (C=O) groups excluding carboxylic acids is 1. The predicted molar refractivity (Wildman–Crippen MR) is 50.6 cm³/mol. The highest BCUT2D eigenvalue weighted by Crippen LogP contribution is 2.07. The van der Waals surface area contributed by atoms with Crippen LogP contribution in [0.2, 0.25) is 0 Å². The Labute approximate surface area is 80.2 Å². The van der Waals surface area contributed by atoms with Crippen LogP contribution in [-0.2, 0) is 4.79 Å². The molecule has 1 amide bonds. The van der Waals surface area contributed by atoms with Crippen LogP contribution < -0.4 is 0 Å². The monoisotopic (exact) mass is 199 g/mol. The van der Waals surface area contributed by atoms with Crippen molar-refractivity contribution in [3.05, 3.63) is 0 Å². The van der Waals surface area contributed by atoms with E-state index in [0.717, 1.165) is 13.1 Å². The van der Waals surface area contributed by atoms with Gasteiger partial charge in [-0.05, 0) is 12.8 Å². The van der Waals surface area contributed by atoms with E-state index in [4.69, 9.17) is 0 Å². The fourth-order valence-electron chi connectivity index (χ4n) is 1.19. The van der Waals surface area contributed by atoms with E-state index >= 15 is 0 Å². The zero-order valence-corrected chi connectivity index (χ0v) is 8.34. The van der Waals surface area contributed by atoms with Crippen molar-refractivity contribution in [1.29, 1.82) is 0 Å². The van der Waals surface area contributed by atoms with Gasteiger partial charge < -0.3 is 4.90 Å². The van der Waals surface area contributed by atoms with Crippen LogP contribution in [0, 0.1) is 0 Å². The van der Waals surface area contributed by atoms with Crippen molar-refractivity contribution in [3.8, 4) is 0 Å². The van der Waals surface area contributed by atoms with E-state index in [9.17, 15) is 4.79 Å². The minimum Gasteiger partial charge on any atom is -0.343 e. The molecule has 0 aromatic heterocycles. The average Bonchev–Trinajstić information content (AvgIpc) is 2.37. The van der Waals surface area contributed by atoms with E-state index in [1.165, 1.54) is 12.8 Å². The molecule has 0 unspecified atom stereocenters. The number of nitrogens with zero attached hydrogens (tertiary/aromatic N) is 1. The highest BCUT2D eigenvalue weighted by Gasteiger charge is 2.14. The summed E-state index contributed by atoms with van der Waals surface area (Å²) in [6, 6.07) is 0. The maximum absolute atomic E-state index is 10.9. The minimum absolute atomic E-state index is 0. The summed E-state index contributed by atoms with van der Waals surface area (Å²) in [5.74, 6) is 0.313. The molecular weight excluding hydrogens is 185 g/mol. The van der Waals surface area contributed by atoms with Gasteiger partial charge in [0.1, 0.15) is 0 Å². The third kappa shape index (κ3) is 3.82. The lowest BCUT2D eigenvalue weighted by atomic mass is 10.4. The van der Waals surface area contributed by atoms with Crippen molar-refractivity contribution in [2.75, 3.05) is 13.1 Å². The molecule has 4 heteroatoms. The van der Waals surface area contributed by atoms with E-state index in [1.807, 2.05) is 11.8 Å². The molecular formula is C7H15Cl2NO. The molecule has 1 aliphatic heterocycles. The zero-order chi connectivity index (χ0) is 6.69. The number of amides is 1. The summed E-state index contributed by atoms with van der Waals surface area (Å²) < 4.78 is 0. The lowest BCUT2D eigenvalue weighted by molar-refractivity contribution is -0.129. The first-order valence-electron chi connectivity index (χ1n) is 3.62. The van der Waals surface area contributed by atoms with Crippen LogP contribution in [0.15, 0.2) is 0 Å². The van der Waals surface area contributed by atoms with Crippen LogP contribution in [0.5, 0.6) is 0 Å². The molecule has 1 saturated heterocycles. The number of hydrogen-bond acceptors (Lipinski definition) is 1. The summed E-state index contributed by atoms with van der Waals surface area (Å²) in [5.41, 5.74) is 0. The number of rotatable bonds is 1. The van der Waals surface area contributed by atoms with Crippen LogP contribution in [0.25, 0.3) is 0 Å². The second-order valence-electron chi connectivity index (χ2n) is 2.44. The van der Waals surface area contributed by atoms with E-state index in [0.29, 0.717) is 12.3 Å². The number of carbonyl (C=O) groups is 1. The third-order valence-electron chi connectivity index (χ3n) is 1.76. The van der Waals surface area contributed by atoms with Gasteiger partial charge in [-0.3, -0.25) is 4.79 Å². The molecule has 1 heterocycles. The molecule has 0 aliphatic carbocycles. The van der Waals surface area contributed by atoms with Crippen LogP contribution in [0.1, 0.15) is 26.2 Å². The molecule has 1 rings (SSSR count). The summed E-state index contributed by atoms with van der Waals surface area (Å²) in [6.45, 7) is 3.90. The first-order valence-corrected chi connectivity index (χ1v) is 3.62. The van der Waals surface area contributed by atoms with Crippen molar-refractivity contribution in [2.24, 2.45) is 0 Å². The van der Waals surface area contributed by atoms with Crippen molar-refractivity contribution >= 4 is 30.7 Å². The van der Waals surface area contributed by atoms with Crippen molar-refractivity contribution < 1.29 is 4.79 Å². The molecule has 2 nitrogen and oxygen atoms in total. The van der Waals surface area contributed by atoms with Crippen molar-refractivity contribution in [3.63, 3.8) is 0 Å². The quantitative estimate of drug-likeness (QED) is 0.632. The molecule has 68 valence electrons. The van der Waals surface area contributed by atoms with E-state index < -0.39 is 0 Å². The molecule has 11 heavy (non-hydrogen) atoms. The number of likely N-dealkylation sites (tertiary alicyclic amines) is 1. The minimum atomic E-state index is 0. The van der Waals surface area contributed by atoms with Crippen LogP contribution in [-0.4, -0.2) is 23.9 Å². The van der Waals surface area contributed by atoms with Crippen LogP contribution in [0.3, 0.4) is 0 Å². The SMILES string of the molecule is CCC(=O)N1CCCC1.Cl.Cl. The van der Waals surface area contributed by atoms with Gasteiger partial charge in [0.25, 0.3) is 0 Å². The fraction of sp³-hybridized carbons (Fsp3) is 0.857. The zero-order valence-electron chi connectivity index (χ0n) is 6.71. The van der Waals surface area contributed by atoms with Gasteiger partial charge in [0.05, 0.1) is 0 Å². The molecule has 1 aliphatic rings. The summed E-state index contributed by atoms with van der Waals surface area (Å²) >= 11 is 0. The molecule has 0 aromatic rings. The van der Waals surface area contributed by atoms with Crippen LogP contribution in [0.4, 0.5) is 0 Å². The van der Waals surface area contributed by atoms with E-state index in [2.05, 4.69) is 0 Å². The highest BCUT2D eigenvalue weighted by molar-refractivity contribution is 5.85. The fourth-order valence-corrected chi connectivity index (χ4v) is 1.19. The maximum atomic E-state index is 10.9. The number of halogens is 2. The Morgan fingerprint density at radius 1 is 1.27 bits per heavy atom. The Balaban J connectivity index is 0. The molecule has 0 aromatic carbocycles. The van der Waals surface area contributed by atoms with Gasteiger partial charge in [-0.1, -0.05) is 6.92 Å². The topological polar surface area (TPSA) is 20.3 Å². The van der Waals surface area contributed by atoms with Gasteiger partial charge in [0.15, 0.2) is 0 Å². The van der Waals surface area contributed by atoms with E-state index in [1.54, 1.807) is 0 Å². The average molecular weight is 200 g/mol. The maximum Gasteiger partial charge on any atom is 0.222 e. The highest BCUT2D eigenvalue weighted by atomic mass is 35.5. The van der Waals surface area contributed by atoms with Crippen molar-refractivity contribution in [1.82, 2.24) is 4.90 Å². The normalized spacial score (nSPS) is 15.2. The summed E-state index contributed by atoms with van der Waals surface area (Å²) in [5, 5.41) is 0. The summed E-state index contributed by atoms with van der Waals surface area (Å²) in [6.07, 6.45) is 3.07. The first-order chi connectivity index (χ1) is 4.34.